The predicted octanol–water partition coefficient (Wildman–Crippen LogP) is 8.70. The number of esters is 1. The van der Waals surface area contributed by atoms with Crippen molar-refractivity contribution in [1.82, 2.24) is 0 Å². The van der Waals surface area contributed by atoms with Crippen LogP contribution in [0.1, 0.15) is 95.6 Å². The largest absolute Gasteiger partial charge is 0.494 e. The van der Waals surface area contributed by atoms with Gasteiger partial charge in [-0.2, -0.15) is 0 Å². The van der Waals surface area contributed by atoms with Gasteiger partial charge in [-0.1, -0.05) is 83.8 Å². The highest BCUT2D eigenvalue weighted by Crippen LogP contribution is 2.16. The highest BCUT2D eigenvalue weighted by atomic mass is 16.5. The molecule has 0 aliphatic rings. The second kappa shape index (κ2) is 18.4. The zero-order valence-electron chi connectivity index (χ0n) is 21.7. The molecule has 0 N–H and O–H groups in total. The summed E-state index contributed by atoms with van der Waals surface area (Å²) in [6, 6.07) is 15.8. The molecule has 0 heterocycles. The van der Waals surface area contributed by atoms with Crippen LogP contribution < -0.4 is 4.74 Å². The number of carbonyl (C=O) groups excluding carboxylic acids is 1. The van der Waals surface area contributed by atoms with E-state index in [1.165, 1.54) is 51.0 Å². The molecule has 2 rings (SSSR count). The first-order chi connectivity index (χ1) is 17.2. The van der Waals surface area contributed by atoms with Gasteiger partial charge in [0.2, 0.25) is 0 Å². The molecule has 0 radical (unpaired) electrons. The Labute approximate surface area is 212 Å². The Kier molecular flexibility index (Phi) is 14.9. The molecular weight excluding hydrogens is 434 g/mol. The molecule has 4 heteroatoms. The molecule has 4 nitrogen and oxygen atoms in total. The lowest BCUT2D eigenvalue weighted by Gasteiger charge is -2.06. The van der Waals surface area contributed by atoms with Crippen LogP contribution in [0.25, 0.3) is 6.08 Å². The summed E-state index contributed by atoms with van der Waals surface area (Å²) in [6.45, 7) is 5.64. The third-order valence-electron chi connectivity index (χ3n) is 5.81. The van der Waals surface area contributed by atoms with Crippen LogP contribution in [0.5, 0.6) is 5.75 Å². The molecule has 0 spiro atoms. The molecule has 0 amide bonds. The van der Waals surface area contributed by atoms with E-state index < -0.39 is 0 Å². The third-order valence-corrected chi connectivity index (χ3v) is 5.81. The van der Waals surface area contributed by atoms with Gasteiger partial charge in [0.15, 0.2) is 0 Å². The van der Waals surface area contributed by atoms with E-state index >= 15 is 0 Å². The van der Waals surface area contributed by atoms with Gasteiger partial charge in [-0.05, 0) is 66.4 Å². The van der Waals surface area contributed by atoms with Gasteiger partial charge in [0.25, 0.3) is 0 Å². The van der Waals surface area contributed by atoms with Crippen LogP contribution in [-0.4, -0.2) is 25.4 Å². The second-order valence-corrected chi connectivity index (χ2v) is 8.95. The molecule has 0 aromatic heterocycles. The summed E-state index contributed by atoms with van der Waals surface area (Å²) in [5, 5.41) is 0. The molecule has 0 aliphatic heterocycles. The maximum atomic E-state index is 11.7. The van der Waals surface area contributed by atoms with Crippen LogP contribution in [0.15, 0.2) is 59.6 Å². The molecule has 0 aliphatic carbocycles. The number of aliphatic imine (C=N–C) groups is 1. The Balaban J connectivity index is 1.67. The average molecular weight is 478 g/mol. The third kappa shape index (κ3) is 13.6. The van der Waals surface area contributed by atoms with Gasteiger partial charge in [-0.15, -0.1) is 0 Å². The number of hydrogen-bond donors (Lipinski definition) is 0. The van der Waals surface area contributed by atoms with Crippen LogP contribution in [0.2, 0.25) is 0 Å². The van der Waals surface area contributed by atoms with Crippen molar-refractivity contribution >= 4 is 23.9 Å². The first-order valence-corrected chi connectivity index (χ1v) is 13.4. The second-order valence-electron chi connectivity index (χ2n) is 8.95. The number of rotatable bonds is 18. The lowest BCUT2D eigenvalue weighted by atomic mass is 10.1. The number of carbonyl (C=O) groups is 1. The standard InChI is InChI=1S/C31H43NO3/c1-3-5-7-8-9-10-11-13-24-34-30-21-16-28(17-22-30)26-32-29-19-14-27(15-20-29)18-23-31(33)35-25-12-6-4-2/h14-23,26H,3-13,24-25H2,1-2H3/b23-18+,32-26?. The average Bonchev–Trinajstić information content (AvgIpc) is 2.89. The monoisotopic (exact) mass is 477 g/mol. The van der Waals surface area contributed by atoms with Crippen LogP contribution in [0.3, 0.4) is 0 Å². The zero-order valence-corrected chi connectivity index (χ0v) is 21.7. The molecular formula is C31H43NO3. The molecule has 190 valence electrons. The Bertz CT molecular complexity index is 869. The SMILES string of the molecule is CCCCCCCCCCOc1ccc(C=Nc2ccc(/C=C/C(=O)OCCCCC)cc2)cc1. The lowest BCUT2D eigenvalue weighted by molar-refractivity contribution is -0.137. The fourth-order valence-corrected chi connectivity index (χ4v) is 3.63. The van der Waals surface area contributed by atoms with E-state index in [2.05, 4.69) is 18.8 Å². The van der Waals surface area contributed by atoms with Crippen LogP contribution in [-0.2, 0) is 9.53 Å². The van der Waals surface area contributed by atoms with Gasteiger partial charge in [-0.25, -0.2) is 4.79 Å². The van der Waals surface area contributed by atoms with E-state index in [1.807, 2.05) is 54.7 Å². The summed E-state index contributed by atoms with van der Waals surface area (Å²) >= 11 is 0. The van der Waals surface area contributed by atoms with Gasteiger partial charge >= 0.3 is 5.97 Å². The maximum absolute atomic E-state index is 11.7. The van der Waals surface area contributed by atoms with E-state index in [1.54, 1.807) is 6.08 Å². The van der Waals surface area contributed by atoms with Gasteiger partial charge < -0.3 is 9.47 Å². The van der Waals surface area contributed by atoms with Crippen molar-refractivity contribution in [3.8, 4) is 5.75 Å². The van der Waals surface area contributed by atoms with E-state index in [9.17, 15) is 4.79 Å². The molecule has 2 aromatic rings. The van der Waals surface area contributed by atoms with E-state index in [-0.39, 0.29) is 5.97 Å². The Morgan fingerprint density at radius 1 is 0.714 bits per heavy atom. The summed E-state index contributed by atoms with van der Waals surface area (Å²) in [6.07, 6.45) is 18.6. The van der Waals surface area contributed by atoms with Gasteiger partial charge in [-0.3, -0.25) is 4.99 Å². The maximum Gasteiger partial charge on any atom is 0.330 e. The smallest absolute Gasteiger partial charge is 0.330 e. The minimum Gasteiger partial charge on any atom is -0.494 e. The van der Waals surface area contributed by atoms with Crippen molar-refractivity contribution < 1.29 is 14.3 Å². The number of unbranched alkanes of at least 4 members (excludes halogenated alkanes) is 9. The van der Waals surface area contributed by atoms with Crippen molar-refractivity contribution in [2.24, 2.45) is 4.99 Å². The highest BCUT2D eigenvalue weighted by molar-refractivity contribution is 5.87. The normalized spacial score (nSPS) is 11.4. The summed E-state index contributed by atoms with van der Waals surface area (Å²) in [7, 11) is 0. The van der Waals surface area contributed by atoms with Crippen molar-refractivity contribution in [2.75, 3.05) is 13.2 Å². The fourth-order valence-electron chi connectivity index (χ4n) is 3.63. The van der Waals surface area contributed by atoms with Crippen LogP contribution in [0.4, 0.5) is 5.69 Å². The quantitative estimate of drug-likeness (QED) is 0.0933. The number of benzene rings is 2. The Morgan fingerprint density at radius 3 is 1.97 bits per heavy atom. The Morgan fingerprint density at radius 2 is 1.29 bits per heavy atom. The molecule has 0 atom stereocenters. The Hall–Kier alpha value is -2.88. The van der Waals surface area contributed by atoms with Crippen LogP contribution in [0, 0.1) is 0 Å². The predicted molar refractivity (Wildman–Crippen MR) is 148 cm³/mol. The summed E-state index contributed by atoms with van der Waals surface area (Å²) in [5.74, 6) is 0.610. The van der Waals surface area contributed by atoms with E-state index in [4.69, 9.17) is 9.47 Å². The minimum absolute atomic E-state index is 0.298. The summed E-state index contributed by atoms with van der Waals surface area (Å²) in [4.78, 5) is 16.3. The van der Waals surface area contributed by atoms with E-state index in [0.717, 1.165) is 54.9 Å². The van der Waals surface area contributed by atoms with Crippen molar-refractivity contribution in [1.29, 1.82) is 0 Å². The molecule has 0 saturated heterocycles. The lowest BCUT2D eigenvalue weighted by Crippen LogP contribution is -2.01. The van der Waals surface area contributed by atoms with Crippen molar-refractivity contribution in [3.63, 3.8) is 0 Å². The van der Waals surface area contributed by atoms with E-state index in [0.29, 0.717) is 6.61 Å². The number of hydrogen-bond acceptors (Lipinski definition) is 4. The zero-order chi connectivity index (χ0) is 25.0. The van der Waals surface area contributed by atoms with Crippen molar-refractivity contribution in [3.05, 3.63) is 65.7 Å². The molecule has 0 bridgehead atoms. The number of ether oxygens (including phenoxy) is 2. The molecule has 0 fully saturated rings. The summed E-state index contributed by atoms with van der Waals surface area (Å²) in [5.41, 5.74) is 2.82. The molecule has 0 unspecified atom stereocenters. The van der Waals surface area contributed by atoms with Crippen molar-refractivity contribution in [2.45, 2.75) is 84.5 Å². The minimum atomic E-state index is -0.298. The molecule has 35 heavy (non-hydrogen) atoms. The fraction of sp³-hybridized carbons (Fsp3) is 0.484. The van der Waals surface area contributed by atoms with Gasteiger partial charge in [0.1, 0.15) is 5.75 Å². The van der Waals surface area contributed by atoms with Gasteiger partial charge in [0, 0.05) is 12.3 Å². The van der Waals surface area contributed by atoms with Crippen LogP contribution >= 0.6 is 0 Å². The highest BCUT2D eigenvalue weighted by Gasteiger charge is 1.98. The first-order valence-electron chi connectivity index (χ1n) is 13.4. The molecule has 2 aromatic carbocycles. The molecule has 0 saturated carbocycles. The summed E-state index contributed by atoms with van der Waals surface area (Å²) < 4.78 is 11.0. The first kappa shape index (κ1) is 28.4. The topological polar surface area (TPSA) is 47.9 Å². The number of nitrogens with zero attached hydrogens (tertiary/aromatic N) is 1. The van der Waals surface area contributed by atoms with Gasteiger partial charge in [0.05, 0.1) is 18.9 Å².